The molecule has 5 heteroatoms. The van der Waals surface area contributed by atoms with Gasteiger partial charge in [0.15, 0.2) is 0 Å². The highest BCUT2D eigenvalue weighted by Crippen LogP contribution is 2.38. The van der Waals surface area contributed by atoms with Crippen LogP contribution < -0.4 is 0 Å². The summed E-state index contributed by atoms with van der Waals surface area (Å²) in [7, 11) is -2.52. The van der Waals surface area contributed by atoms with Crippen LogP contribution in [0.4, 0.5) is 0 Å². The van der Waals surface area contributed by atoms with Gasteiger partial charge in [-0.3, -0.25) is 0 Å². The molecule has 0 radical (unpaired) electrons. The average molecular weight is 290 g/mol. The molecule has 0 aromatic rings. The fraction of sp³-hybridized carbons (Fsp3) is 1.00. The van der Waals surface area contributed by atoms with Crippen molar-refractivity contribution in [2.75, 3.05) is 26.4 Å². The molecule has 19 heavy (non-hydrogen) atoms. The van der Waals surface area contributed by atoms with Gasteiger partial charge in [-0.1, -0.05) is 20.3 Å². The lowest BCUT2D eigenvalue weighted by Crippen LogP contribution is -2.57. The van der Waals surface area contributed by atoms with Crippen molar-refractivity contribution in [3.63, 3.8) is 0 Å². The Morgan fingerprint density at radius 1 is 1.11 bits per heavy atom. The van der Waals surface area contributed by atoms with E-state index in [0.717, 1.165) is 32.1 Å². The molecule has 0 aliphatic carbocycles. The molecule has 1 atom stereocenters. The first-order valence-corrected chi connectivity index (χ1v) is 9.54. The van der Waals surface area contributed by atoms with Crippen molar-refractivity contribution in [3.05, 3.63) is 0 Å². The van der Waals surface area contributed by atoms with Gasteiger partial charge < -0.3 is 18.0 Å². The van der Waals surface area contributed by atoms with Crippen molar-refractivity contribution in [2.45, 2.75) is 59.6 Å². The summed E-state index contributed by atoms with van der Waals surface area (Å²) in [6, 6.07) is 0.889. The lowest BCUT2D eigenvalue weighted by Gasteiger charge is -2.47. The van der Waals surface area contributed by atoms with Crippen molar-refractivity contribution < 1.29 is 18.0 Å². The van der Waals surface area contributed by atoms with E-state index in [-0.39, 0.29) is 11.5 Å². The van der Waals surface area contributed by atoms with Gasteiger partial charge in [0.25, 0.3) is 0 Å². The summed E-state index contributed by atoms with van der Waals surface area (Å²) in [5.41, 5.74) is 0.153. The maximum Gasteiger partial charge on any atom is 0.501 e. The zero-order chi connectivity index (χ0) is 14.4. The molecule has 0 spiro atoms. The van der Waals surface area contributed by atoms with E-state index in [0.29, 0.717) is 13.2 Å². The molecule has 1 aliphatic heterocycles. The quantitative estimate of drug-likeness (QED) is 0.579. The van der Waals surface area contributed by atoms with Crippen LogP contribution in [0.25, 0.3) is 0 Å². The largest absolute Gasteiger partial charge is 0.501 e. The second kappa shape index (κ2) is 7.74. The first-order chi connectivity index (χ1) is 9.08. The number of ether oxygens (including phenoxy) is 1. The Morgan fingerprint density at radius 3 is 2.00 bits per heavy atom. The number of hydrogen-bond acceptors (Lipinski definition) is 4. The van der Waals surface area contributed by atoms with Gasteiger partial charge in [0, 0.05) is 24.7 Å². The van der Waals surface area contributed by atoms with Gasteiger partial charge in [0.05, 0.1) is 19.3 Å². The van der Waals surface area contributed by atoms with Crippen LogP contribution >= 0.6 is 0 Å². The molecular formula is C14H30O4Si. The minimum atomic E-state index is -2.52. The van der Waals surface area contributed by atoms with Crippen LogP contribution in [-0.2, 0) is 18.0 Å². The number of hydrogen-bond donors (Lipinski definition) is 0. The minimum Gasteiger partial charge on any atom is -0.380 e. The molecule has 0 N–H and O–H groups in total. The Balaban J connectivity index is 2.74. The van der Waals surface area contributed by atoms with Crippen molar-refractivity contribution in [1.82, 2.24) is 0 Å². The first kappa shape index (κ1) is 17.1. The summed E-state index contributed by atoms with van der Waals surface area (Å²) in [6.07, 6.45) is 2.22. The third-order valence-electron chi connectivity index (χ3n) is 3.99. The summed E-state index contributed by atoms with van der Waals surface area (Å²) in [5, 5.41) is 0. The molecule has 4 nitrogen and oxygen atoms in total. The molecular weight excluding hydrogens is 260 g/mol. The highest BCUT2D eigenvalue weighted by Gasteiger charge is 2.49. The van der Waals surface area contributed by atoms with E-state index in [1.54, 1.807) is 0 Å². The first-order valence-electron chi connectivity index (χ1n) is 7.61. The number of rotatable bonds is 10. The van der Waals surface area contributed by atoms with Crippen LogP contribution in [0.2, 0.25) is 6.04 Å². The molecule has 1 heterocycles. The van der Waals surface area contributed by atoms with Gasteiger partial charge in [0.1, 0.15) is 0 Å². The van der Waals surface area contributed by atoms with Gasteiger partial charge in [0.2, 0.25) is 0 Å². The van der Waals surface area contributed by atoms with Crippen molar-refractivity contribution >= 4 is 8.80 Å². The summed E-state index contributed by atoms with van der Waals surface area (Å²) < 4.78 is 23.7. The molecule has 1 aliphatic rings. The zero-order valence-electron chi connectivity index (χ0n) is 13.2. The van der Waals surface area contributed by atoms with Crippen LogP contribution in [-0.4, -0.2) is 41.3 Å². The fourth-order valence-electron chi connectivity index (χ4n) is 2.54. The fourth-order valence-corrected chi connectivity index (χ4v) is 5.45. The van der Waals surface area contributed by atoms with E-state index in [2.05, 4.69) is 20.8 Å². The monoisotopic (exact) mass is 290 g/mol. The molecule has 1 saturated heterocycles. The smallest absolute Gasteiger partial charge is 0.380 e. The standard InChI is InChI=1S/C14H30O4Si/c1-6-10-19(16-8-3,17-9-4)18-13(5)14(7-2)11-15-12-14/h13H,6-12H2,1-5H3. The third-order valence-corrected chi connectivity index (χ3v) is 7.27. The van der Waals surface area contributed by atoms with Gasteiger partial charge >= 0.3 is 8.80 Å². The molecule has 0 aromatic carbocycles. The highest BCUT2D eigenvalue weighted by molar-refractivity contribution is 6.60. The van der Waals surface area contributed by atoms with E-state index in [4.69, 9.17) is 18.0 Å². The molecule has 1 unspecified atom stereocenters. The predicted octanol–water partition coefficient (Wildman–Crippen LogP) is 3.24. The van der Waals surface area contributed by atoms with Crippen LogP contribution in [0.1, 0.15) is 47.5 Å². The molecule has 1 rings (SSSR count). The summed E-state index contributed by atoms with van der Waals surface area (Å²) in [6.45, 7) is 13.4. The van der Waals surface area contributed by atoms with Gasteiger partial charge in [-0.25, -0.2) is 0 Å². The Morgan fingerprint density at radius 2 is 1.68 bits per heavy atom. The van der Waals surface area contributed by atoms with E-state index in [9.17, 15) is 0 Å². The summed E-state index contributed by atoms with van der Waals surface area (Å²) in [5.74, 6) is 0. The SMILES string of the molecule is CCC[Si](OCC)(OCC)OC(C)C1(CC)COC1. The van der Waals surface area contributed by atoms with Crippen LogP contribution in [0, 0.1) is 5.41 Å². The van der Waals surface area contributed by atoms with Crippen molar-refractivity contribution in [1.29, 1.82) is 0 Å². The van der Waals surface area contributed by atoms with E-state index >= 15 is 0 Å². The van der Waals surface area contributed by atoms with Crippen LogP contribution in [0.5, 0.6) is 0 Å². The van der Waals surface area contributed by atoms with Crippen LogP contribution in [0.3, 0.4) is 0 Å². The van der Waals surface area contributed by atoms with E-state index < -0.39 is 8.80 Å². The summed E-state index contributed by atoms with van der Waals surface area (Å²) in [4.78, 5) is 0. The molecule has 1 fully saturated rings. The lowest BCUT2D eigenvalue weighted by molar-refractivity contribution is -0.172. The Bertz CT molecular complexity index is 233. The normalized spacial score (nSPS) is 20.1. The predicted molar refractivity (Wildman–Crippen MR) is 78.2 cm³/mol. The summed E-state index contributed by atoms with van der Waals surface area (Å²) >= 11 is 0. The van der Waals surface area contributed by atoms with Crippen LogP contribution in [0.15, 0.2) is 0 Å². The molecule has 114 valence electrons. The molecule has 0 amide bonds. The van der Waals surface area contributed by atoms with Gasteiger partial charge in [-0.2, -0.15) is 0 Å². The molecule has 0 saturated carbocycles. The third kappa shape index (κ3) is 4.01. The van der Waals surface area contributed by atoms with Crippen molar-refractivity contribution in [3.8, 4) is 0 Å². The second-order valence-corrected chi connectivity index (χ2v) is 7.95. The maximum absolute atomic E-state index is 6.37. The Hall–Kier alpha value is 0.0569. The highest BCUT2D eigenvalue weighted by atomic mass is 28.4. The lowest BCUT2D eigenvalue weighted by atomic mass is 9.78. The Labute approximate surface area is 119 Å². The van der Waals surface area contributed by atoms with E-state index in [1.807, 2.05) is 13.8 Å². The zero-order valence-corrected chi connectivity index (χ0v) is 14.2. The van der Waals surface area contributed by atoms with Gasteiger partial charge in [-0.05, 0) is 27.2 Å². The maximum atomic E-state index is 6.37. The molecule has 0 aromatic heterocycles. The van der Waals surface area contributed by atoms with Crippen molar-refractivity contribution in [2.24, 2.45) is 5.41 Å². The molecule has 0 bridgehead atoms. The average Bonchev–Trinajstić information content (AvgIpc) is 2.29. The van der Waals surface area contributed by atoms with Gasteiger partial charge in [-0.15, -0.1) is 0 Å². The topological polar surface area (TPSA) is 36.9 Å². The minimum absolute atomic E-state index is 0.127. The van der Waals surface area contributed by atoms with E-state index in [1.165, 1.54) is 0 Å². The Kier molecular flexibility index (Phi) is 6.97. The second-order valence-electron chi connectivity index (χ2n) is 5.27.